The summed E-state index contributed by atoms with van der Waals surface area (Å²) >= 11 is 6.14. The normalized spacial score (nSPS) is 20.1. The average Bonchev–Trinajstić information content (AvgIpc) is 2.74. The van der Waals surface area contributed by atoms with Crippen LogP contribution in [0.3, 0.4) is 0 Å². The fraction of sp³-hybridized carbons (Fsp3) is 0.538. The molecule has 16 heavy (non-hydrogen) atoms. The van der Waals surface area contributed by atoms with Crippen molar-refractivity contribution in [2.45, 2.75) is 13.3 Å². The zero-order chi connectivity index (χ0) is 11.5. The van der Waals surface area contributed by atoms with E-state index in [1.807, 2.05) is 12.1 Å². The lowest BCUT2D eigenvalue weighted by Gasteiger charge is -2.24. The van der Waals surface area contributed by atoms with Gasteiger partial charge in [-0.2, -0.15) is 0 Å². The molecule has 0 aliphatic carbocycles. The van der Waals surface area contributed by atoms with E-state index in [-0.39, 0.29) is 0 Å². The Kier molecular flexibility index (Phi) is 3.72. The molecule has 2 rings (SSSR count). The first kappa shape index (κ1) is 11.7. The second kappa shape index (κ2) is 5.07. The number of halogens is 1. The predicted octanol–water partition coefficient (Wildman–Crippen LogP) is 2.69. The fourth-order valence-electron chi connectivity index (χ4n) is 2.37. The van der Waals surface area contributed by atoms with Crippen LogP contribution in [0, 0.1) is 12.8 Å². The molecule has 2 nitrogen and oxygen atoms in total. The Labute approximate surface area is 103 Å². The lowest BCUT2D eigenvalue weighted by molar-refractivity contribution is 0.578. The third kappa shape index (κ3) is 2.50. The van der Waals surface area contributed by atoms with Crippen LogP contribution in [0.25, 0.3) is 0 Å². The number of anilines is 1. The molecule has 0 spiro atoms. The second-order valence-electron chi connectivity index (χ2n) is 4.62. The molecule has 0 bridgehead atoms. The Bertz CT molecular complexity index is 359. The van der Waals surface area contributed by atoms with E-state index in [9.17, 15) is 0 Å². The van der Waals surface area contributed by atoms with E-state index in [4.69, 9.17) is 11.6 Å². The third-order valence-corrected chi connectivity index (χ3v) is 3.75. The molecule has 1 fully saturated rings. The number of rotatable bonds is 3. The van der Waals surface area contributed by atoms with Gasteiger partial charge in [0.25, 0.3) is 0 Å². The molecule has 0 aromatic heterocycles. The number of hydrogen-bond acceptors (Lipinski definition) is 2. The van der Waals surface area contributed by atoms with Crippen LogP contribution in [0.4, 0.5) is 5.69 Å². The summed E-state index contributed by atoms with van der Waals surface area (Å²) in [5, 5.41) is 4.26. The number of nitrogens with one attached hydrogen (secondary N) is 1. The number of nitrogens with zero attached hydrogens (tertiary/aromatic N) is 1. The Morgan fingerprint density at radius 2 is 2.31 bits per heavy atom. The molecule has 0 radical (unpaired) electrons. The standard InChI is InChI=1S/C13H19ClN2/c1-10-12(14)4-3-5-13(10)16(2)9-11-6-7-15-8-11/h3-5,11,15H,6-9H2,1-2H3. The van der Waals surface area contributed by atoms with E-state index in [1.165, 1.54) is 17.7 Å². The van der Waals surface area contributed by atoms with Crippen LogP contribution in [-0.2, 0) is 0 Å². The fourth-order valence-corrected chi connectivity index (χ4v) is 2.54. The first-order valence-electron chi connectivity index (χ1n) is 5.85. The second-order valence-corrected chi connectivity index (χ2v) is 5.03. The van der Waals surface area contributed by atoms with E-state index in [2.05, 4.69) is 30.3 Å². The van der Waals surface area contributed by atoms with Crippen molar-refractivity contribution in [3.63, 3.8) is 0 Å². The van der Waals surface area contributed by atoms with Crippen molar-refractivity contribution >= 4 is 17.3 Å². The first-order valence-corrected chi connectivity index (χ1v) is 6.23. The van der Waals surface area contributed by atoms with Gasteiger partial charge < -0.3 is 10.2 Å². The molecule has 0 saturated carbocycles. The average molecular weight is 239 g/mol. The van der Waals surface area contributed by atoms with Gasteiger partial charge in [-0.1, -0.05) is 17.7 Å². The molecule has 1 saturated heterocycles. The molecule has 1 N–H and O–H groups in total. The molecule has 88 valence electrons. The van der Waals surface area contributed by atoms with Gasteiger partial charge in [-0.05, 0) is 50.0 Å². The maximum atomic E-state index is 6.14. The Balaban J connectivity index is 2.07. The van der Waals surface area contributed by atoms with Crippen LogP contribution in [0.5, 0.6) is 0 Å². The SMILES string of the molecule is Cc1c(Cl)cccc1N(C)CC1CCNC1. The minimum absolute atomic E-state index is 0.767. The zero-order valence-corrected chi connectivity index (χ0v) is 10.7. The summed E-state index contributed by atoms with van der Waals surface area (Å²) in [5.74, 6) is 0.767. The smallest absolute Gasteiger partial charge is 0.0455 e. The van der Waals surface area contributed by atoms with E-state index >= 15 is 0 Å². The van der Waals surface area contributed by atoms with E-state index < -0.39 is 0 Å². The van der Waals surface area contributed by atoms with Crippen LogP contribution >= 0.6 is 11.6 Å². The van der Waals surface area contributed by atoms with Gasteiger partial charge in [-0.15, -0.1) is 0 Å². The largest absolute Gasteiger partial charge is 0.374 e. The molecule has 1 unspecified atom stereocenters. The lowest BCUT2D eigenvalue weighted by Crippen LogP contribution is -2.27. The highest BCUT2D eigenvalue weighted by Gasteiger charge is 2.17. The highest BCUT2D eigenvalue weighted by Crippen LogP contribution is 2.26. The van der Waals surface area contributed by atoms with Crippen molar-refractivity contribution in [2.24, 2.45) is 5.92 Å². The van der Waals surface area contributed by atoms with Crippen LogP contribution in [0.15, 0.2) is 18.2 Å². The van der Waals surface area contributed by atoms with Crippen molar-refractivity contribution in [2.75, 3.05) is 31.6 Å². The van der Waals surface area contributed by atoms with Crippen molar-refractivity contribution in [3.8, 4) is 0 Å². The van der Waals surface area contributed by atoms with Crippen molar-refractivity contribution < 1.29 is 0 Å². The van der Waals surface area contributed by atoms with Gasteiger partial charge in [0.05, 0.1) is 0 Å². The maximum Gasteiger partial charge on any atom is 0.0455 e. The highest BCUT2D eigenvalue weighted by atomic mass is 35.5. The van der Waals surface area contributed by atoms with Gasteiger partial charge >= 0.3 is 0 Å². The quantitative estimate of drug-likeness (QED) is 0.871. The minimum atomic E-state index is 0.767. The number of hydrogen-bond donors (Lipinski definition) is 1. The van der Waals surface area contributed by atoms with Gasteiger partial charge in [0.15, 0.2) is 0 Å². The Hall–Kier alpha value is -0.730. The molecule has 1 aromatic rings. The Morgan fingerprint density at radius 1 is 1.50 bits per heavy atom. The maximum absolute atomic E-state index is 6.14. The molecule has 1 aliphatic rings. The van der Waals surface area contributed by atoms with E-state index in [0.717, 1.165) is 30.6 Å². The minimum Gasteiger partial charge on any atom is -0.374 e. The number of benzene rings is 1. The molecule has 1 heterocycles. The summed E-state index contributed by atoms with van der Waals surface area (Å²) < 4.78 is 0. The topological polar surface area (TPSA) is 15.3 Å². The molecule has 0 amide bonds. The molecule has 1 aromatic carbocycles. The molecule has 3 heteroatoms. The van der Waals surface area contributed by atoms with Gasteiger partial charge in [-0.3, -0.25) is 0 Å². The predicted molar refractivity (Wildman–Crippen MR) is 70.4 cm³/mol. The molecular weight excluding hydrogens is 220 g/mol. The summed E-state index contributed by atoms with van der Waals surface area (Å²) in [6.45, 7) is 5.49. The van der Waals surface area contributed by atoms with Crippen LogP contribution < -0.4 is 10.2 Å². The Morgan fingerprint density at radius 3 is 3.00 bits per heavy atom. The molecule has 1 atom stereocenters. The molecule has 1 aliphatic heterocycles. The van der Waals surface area contributed by atoms with Gasteiger partial charge in [0.1, 0.15) is 0 Å². The highest BCUT2D eigenvalue weighted by molar-refractivity contribution is 6.31. The summed E-state index contributed by atoms with van der Waals surface area (Å²) in [6, 6.07) is 6.11. The third-order valence-electron chi connectivity index (χ3n) is 3.34. The van der Waals surface area contributed by atoms with Crippen LogP contribution in [0.1, 0.15) is 12.0 Å². The van der Waals surface area contributed by atoms with Crippen molar-refractivity contribution in [1.29, 1.82) is 0 Å². The van der Waals surface area contributed by atoms with Crippen LogP contribution in [-0.4, -0.2) is 26.7 Å². The van der Waals surface area contributed by atoms with Crippen molar-refractivity contribution in [1.82, 2.24) is 5.32 Å². The molecular formula is C13H19ClN2. The summed E-state index contributed by atoms with van der Waals surface area (Å²) in [6.07, 6.45) is 1.28. The van der Waals surface area contributed by atoms with Gasteiger partial charge in [-0.25, -0.2) is 0 Å². The van der Waals surface area contributed by atoms with E-state index in [0.29, 0.717) is 0 Å². The zero-order valence-electron chi connectivity index (χ0n) is 9.96. The van der Waals surface area contributed by atoms with Crippen molar-refractivity contribution in [3.05, 3.63) is 28.8 Å². The summed E-state index contributed by atoms with van der Waals surface area (Å²) in [5.41, 5.74) is 2.43. The monoisotopic (exact) mass is 238 g/mol. The summed E-state index contributed by atoms with van der Waals surface area (Å²) in [4.78, 5) is 2.32. The van der Waals surface area contributed by atoms with Crippen LogP contribution in [0.2, 0.25) is 5.02 Å². The van der Waals surface area contributed by atoms with Gasteiger partial charge in [0.2, 0.25) is 0 Å². The first-order chi connectivity index (χ1) is 7.68. The van der Waals surface area contributed by atoms with Gasteiger partial charge in [0, 0.05) is 24.3 Å². The lowest BCUT2D eigenvalue weighted by atomic mass is 10.1. The van der Waals surface area contributed by atoms with E-state index in [1.54, 1.807) is 0 Å². The summed E-state index contributed by atoms with van der Waals surface area (Å²) in [7, 11) is 2.15.